The monoisotopic (exact) mass is 341 g/mol. The predicted octanol–water partition coefficient (Wildman–Crippen LogP) is 3.68. The molecular formula is C20H23NO4. The van der Waals surface area contributed by atoms with Crippen LogP contribution in [0.15, 0.2) is 40.8 Å². The molecule has 0 saturated heterocycles. The fourth-order valence-electron chi connectivity index (χ4n) is 3.61. The Bertz CT molecular complexity index is 750. The number of aryl methyl sites for hydroxylation is 1. The Morgan fingerprint density at radius 1 is 1.24 bits per heavy atom. The lowest BCUT2D eigenvalue weighted by Gasteiger charge is -2.20. The number of furan rings is 1. The summed E-state index contributed by atoms with van der Waals surface area (Å²) in [7, 11) is 0. The number of carbonyl (C=O) groups excluding carboxylic acids is 1. The van der Waals surface area contributed by atoms with E-state index in [0.717, 1.165) is 25.7 Å². The number of carboxylic acids is 1. The van der Waals surface area contributed by atoms with Crippen molar-refractivity contribution in [1.29, 1.82) is 0 Å². The van der Waals surface area contributed by atoms with E-state index in [4.69, 9.17) is 4.42 Å². The summed E-state index contributed by atoms with van der Waals surface area (Å²) >= 11 is 0. The zero-order valence-electron chi connectivity index (χ0n) is 14.3. The van der Waals surface area contributed by atoms with Crippen molar-refractivity contribution in [3.05, 3.63) is 59.0 Å². The molecule has 5 heteroatoms. The number of benzene rings is 1. The molecule has 2 N–H and O–H groups in total. The Morgan fingerprint density at radius 3 is 2.64 bits per heavy atom. The second kappa shape index (κ2) is 7.55. The molecule has 2 unspecified atom stereocenters. The van der Waals surface area contributed by atoms with Crippen LogP contribution in [0.25, 0.3) is 0 Å². The van der Waals surface area contributed by atoms with Crippen LogP contribution in [0, 0.1) is 5.92 Å². The molecule has 0 spiro atoms. The van der Waals surface area contributed by atoms with Gasteiger partial charge in [0.15, 0.2) is 5.76 Å². The molecule has 1 aromatic carbocycles. The van der Waals surface area contributed by atoms with Crippen LogP contribution < -0.4 is 5.32 Å². The maximum atomic E-state index is 12.5. The van der Waals surface area contributed by atoms with Gasteiger partial charge in [0, 0.05) is 18.5 Å². The van der Waals surface area contributed by atoms with Gasteiger partial charge in [0.25, 0.3) is 5.91 Å². The first-order valence-electron chi connectivity index (χ1n) is 8.79. The predicted molar refractivity (Wildman–Crippen MR) is 93.8 cm³/mol. The zero-order chi connectivity index (χ0) is 17.8. The zero-order valence-corrected chi connectivity index (χ0v) is 14.3. The fourth-order valence-corrected chi connectivity index (χ4v) is 3.61. The highest BCUT2D eigenvalue weighted by molar-refractivity contribution is 5.96. The summed E-state index contributed by atoms with van der Waals surface area (Å²) in [4.78, 5) is 23.7. The van der Waals surface area contributed by atoms with E-state index in [1.165, 1.54) is 11.6 Å². The normalized spacial score (nSPS) is 19.7. The smallest absolute Gasteiger partial charge is 0.339 e. The van der Waals surface area contributed by atoms with Gasteiger partial charge < -0.3 is 14.8 Å². The van der Waals surface area contributed by atoms with Crippen LogP contribution in [-0.2, 0) is 12.8 Å². The van der Waals surface area contributed by atoms with Gasteiger partial charge in [0.05, 0.1) is 0 Å². The van der Waals surface area contributed by atoms with E-state index in [1.807, 2.05) is 18.2 Å². The molecule has 3 rings (SSSR count). The molecule has 25 heavy (non-hydrogen) atoms. The highest BCUT2D eigenvalue weighted by atomic mass is 16.4. The Kier molecular flexibility index (Phi) is 5.22. The summed E-state index contributed by atoms with van der Waals surface area (Å²) < 4.78 is 5.46. The lowest BCUT2D eigenvalue weighted by atomic mass is 9.94. The number of hydrogen-bond donors (Lipinski definition) is 2. The van der Waals surface area contributed by atoms with E-state index in [0.29, 0.717) is 18.1 Å². The summed E-state index contributed by atoms with van der Waals surface area (Å²) in [5.74, 6) is -0.579. The number of nitrogens with one attached hydrogen (secondary N) is 1. The first-order chi connectivity index (χ1) is 12.1. The SMILES string of the molecule is CCc1oc(C(=O)NC2CCCC2Cc2ccccc2)cc1C(=O)O. The van der Waals surface area contributed by atoms with Crippen LogP contribution in [-0.4, -0.2) is 23.0 Å². The quantitative estimate of drug-likeness (QED) is 0.840. The molecule has 0 bridgehead atoms. The van der Waals surface area contributed by atoms with Crippen molar-refractivity contribution in [2.75, 3.05) is 0 Å². The van der Waals surface area contributed by atoms with Gasteiger partial charge in [-0.3, -0.25) is 4.79 Å². The van der Waals surface area contributed by atoms with Crippen molar-refractivity contribution in [1.82, 2.24) is 5.32 Å². The van der Waals surface area contributed by atoms with E-state index >= 15 is 0 Å². The van der Waals surface area contributed by atoms with Crippen molar-refractivity contribution in [2.45, 2.75) is 45.1 Å². The molecule has 1 aliphatic carbocycles. The van der Waals surface area contributed by atoms with Crippen molar-refractivity contribution in [2.24, 2.45) is 5.92 Å². The summed E-state index contributed by atoms with van der Waals surface area (Å²) in [6.45, 7) is 1.81. The van der Waals surface area contributed by atoms with E-state index in [-0.39, 0.29) is 23.3 Å². The lowest BCUT2D eigenvalue weighted by Crippen LogP contribution is -2.37. The number of carboxylic acid groups (broad SMARTS) is 1. The van der Waals surface area contributed by atoms with Crippen molar-refractivity contribution in [3.8, 4) is 0 Å². The topological polar surface area (TPSA) is 79.5 Å². The summed E-state index contributed by atoms with van der Waals surface area (Å²) in [5.41, 5.74) is 1.34. The molecular weight excluding hydrogens is 318 g/mol. The highest BCUT2D eigenvalue weighted by Crippen LogP contribution is 2.29. The maximum absolute atomic E-state index is 12.5. The third-order valence-electron chi connectivity index (χ3n) is 4.90. The van der Waals surface area contributed by atoms with E-state index in [9.17, 15) is 14.7 Å². The van der Waals surface area contributed by atoms with Crippen LogP contribution in [0.4, 0.5) is 0 Å². The fraction of sp³-hybridized carbons (Fsp3) is 0.400. The third kappa shape index (κ3) is 3.92. The third-order valence-corrected chi connectivity index (χ3v) is 4.90. The molecule has 1 aromatic heterocycles. The van der Waals surface area contributed by atoms with Crippen molar-refractivity contribution in [3.63, 3.8) is 0 Å². The van der Waals surface area contributed by atoms with Crippen LogP contribution in [0.2, 0.25) is 0 Å². The van der Waals surface area contributed by atoms with Gasteiger partial charge in [0.2, 0.25) is 0 Å². The second-order valence-corrected chi connectivity index (χ2v) is 6.57. The van der Waals surface area contributed by atoms with Crippen LogP contribution >= 0.6 is 0 Å². The van der Waals surface area contributed by atoms with Gasteiger partial charge in [-0.25, -0.2) is 4.79 Å². The minimum Gasteiger partial charge on any atom is -0.478 e. The number of carbonyl (C=O) groups is 2. The largest absolute Gasteiger partial charge is 0.478 e. The summed E-state index contributed by atoms with van der Waals surface area (Å²) in [6, 6.07) is 11.7. The molecule has 1 saturated carbocycles. The van der Waals surface area contributed by atoms with Gasteiger partial charge in [-0.05, 0) is 30.7 Å². The van der Waals surface area contributed by atoms with Gasteiger partial charge in [0.1, 0.15) is 11.3 Å². The molecule has 1 amide bonds. The molecule has 132 valence electrons. The Morgan fingerprint density at radius 2 is 2.00 bits per heavy atom. The second-order valence-electron chi connectivity index (χ2n) is 6.57. The molecule has 0 radical (unpaired) electrons. The van der Waals surface area contributed by atoms with Crippen molar-refractivity contribution >= 4 is 11.9 Å². The van der Waals surface area contributed by atoms with Gasteiger partial charge in [-0.1, -0.05) is 43.7 Å². The average molecular weight is 341 g/mol. The minimum atomic E-state index is -1.07. The number of rotatable bonds is 6. The first kappa shape index (κ1) is 17.3. The average Bonchev–Trinajstić information content (AvgIpc) is 3.23. The van der Waals surface area contributed by atoms with Crippen LogP contribution in [0.5, 0.6) is 0 Å². The lowest BCUT2D eigenvalue weighted by molar-refractivity contribution is 0.0694. The van der Waals surface area contributed by atoms with E-state index in [2.05, 4.69) is 17.4 Å². The van der Waals surface area contributed by atoms with E-state index < -0.39 is 5.97 Å². The standard InChI is InChI=1S/C20H23NO4/c1-2-17-15(20(23)24)12-18(25-17)19(22)21-16-10-6-9-14(16)11-13-7-4-3-5-8-13/h3-5,7-8,12,14,16H,2,6,9-11H2,1H3,(H,21,22)(H,23,24). The van der Waals surface area contributed by atoms with Gasteiger partial charge >= 0.3 is 5.97 Å². The van der Waals surface area contributed by atoms with Gasteiger partial charge in [-0.15, -0.1) is 0 Å². The maximum Gasteiger partial charge on any atom is 0.339 e. The van der Waals surface area contributed by atoms with Gasteiger partial charge in [-0.2, -0.15) is 0 Å². The Balaban J connectivity index is 1.68. The first-order valence-corrected chi connectivity index (χ1v) is 8.79. The summed E-state index contributed by atoms with van der Waals surface area (Å²) in [6.07, 6.45) is 4.48. The molecule has 2 atom stereocenters. The molecule has 5 nitrogen and oxygen atoms in total. The molecule has 1 fully saturated rings. The molecule has 0 aliphatic heterocycles. The Labute approximate surface area is 147 Å². The molecule has 1 heterocycles. The van der Waals surface area contributed by atoms with E-state index in [1.54, 1.807) is 6.92 Å². The minimum absolute atomic E-state index is 0.0694. The number of amides is 1. The number of aromatic carboxylic acids is 1. The summed E-state index contributed by atoms with van der Waals surface area (Å²) in [5, 5.41) is 12.2. The highest BCUT2D eigenvalue weighted by Gasteiger charge is 2.30. The van der Waals surface area contributed by atoms with Crippen LogP contribution in [0.3, 0.4) is 0 Å². The van der Waals surface area contributed by atoms with Crippen LogP contribution in [0.1, 0.15) is 58.4 Å². The number of hydrogen-bond acceptors (Lipinski definition) is 3. The molecule has 2 aromatic rings. The Hall–Kier alpha value is -2.56. The van der Waals surface area contributed by atoms with Crippen molar-refractivity contribution < 1.29 is 19.1 Å². The molecule has 1 aliphatic rings.